The quantitative estimate of drug-likeness (QED) is 0.348. The summed E-state index contributed by atoms with van der Waals surface area (Å²) in [4.78, 5) is 16.4. The van der Waals surface area contributed by atoms with E-state index < -0.39 is 8.60 Å². The Morgan fingerprint density at radius 1 is 1.31 bits per heavy atom. The molecule has 0 aliphatic carbocycles. The predicted molar refractivity (Wildman–Crippen MR) is 71.4 cm³/mol. The molecule has 0 saturated carbocycles. The number of nitrogens with two attached hydrogens (primary N) is 1. The van der Waals surface area contributed by atoms with E-state index >= 15 is 0 Å². The fourth-order valence-corrected chi connectivity index (χ4v) is 1.42. The van der Waals surface area contributed by atoms with Crippen molar-refractivity contribution in [2.75, 3.05) is 12.4 Å². The van der Waals surface area contributed by atoms with Gasteiger partial charge in [-0.05, 0) is 11.8 Å². The predicted octanol–water partition coefficient (Wildman–Crippen LogP) is 2.14. The molecule has 0 rings (SSSR count). The van der Waals surface area contributed by atoms with Crippen LogP contribution in [0.15, 0.2) is 0 Å². The van der Waals surface area contributed by atoms with E-state index in [-0.39, 0.29) is 5.17 Å². The third-order valence-corrected chi connectivity index (χ3v) is 2.62. The molecule has 0 bridgehead atoms. The molecule has 0 aliphatic rings. The summed E-state index contributed by atoms with van der Waals surface area (Å²) in [7, 11) is -2.13. The Hall–Kier alpha value is 0.130. The van der Waals surface area contributed by atoms with Crippen LogP contribution < -0.4 is 5.73 Å². The van der Waals surface area contributed by atoms with Crippen molar-refractivity contribution in [2.45, 2.75) is 27.7 Å². The first-order valence-electron chi connectivity index (χ1n) is 5.03. The van der Waals surface area contributed by atoms with Gasteiger partial charge in [-0.3, -0.25) is 5.41 Å². The van der Waals surface area contributed by atoms with Crippen LogP contribution in [0.2, 0.25) is 0 Å². The highest BCUT2D eigenvalue weighted by Gasteiger charge is 1.99. The standard InChI is InChI=1S/C5H12N2S.C4H11O3P/c1-4(2)3-8-5(6)7;1-4(2)3-7-8(5)6/h4H,3H2,1-2H3,(H3,6,7);4-6H,3H2,1-2H3. The van der Waals surface area contributed by atoms with E-state index in [9.17, 15) is 0 Å². The summed E-state index contributed by atoms with van der Waals surface area (Å²) in [5, 5.41) is 7.05. The molecule has 0 atom stereocenters. The van der Waals surface area contributed by atoms with E-state index in [1.165, 1.54) is 11.8 Å². The van der Waals surface area contributed by atoms with Crippen molar-refractivity contribution < 1.29 is 14.3 Å². The lowest BCUT2D eigenvalue weighted by molar-refractivity contribution is 0.226. The van der Waals surface area contributed by atoms with Gasteiger partial charge in [-0.25, -0.2) is 0 Å². The lowest BCUT2D eigenvalue weighted by Gasteiger charge is -2.04. The van der Waals surface area contributed by atoms with Crippen LogP contribution in [0.4, 0.5) is 0 Å². The zero-order valence-corrected chi connectivity index (χ0v) is 12.0. The number of hydrogen-bond donors (Lipinski definition) is 4. The number of hydrogen-bond acceptors (Lipinski definition) is 5. The van der Waals surface area contributed by atoms with E-state index in [1.807, 2.05) is 13.8 Å². The Kier molecular flexibility index (Phi) is 13.4. The first kappa shape index (κ1) is 18.5. The molecule has 5 N–H and O–H groups in total. The highest BCUT2D eigenvalue weighted by Crippen LogP contribution is 2.24. The lowest BCUT2D eigenvalue weighted by Crippen LogP contribution is -2.06. The molecule has 0 radical (unpaired) electrons. The zero-order valence-electron chi connectivity index (χ0n) is 10.3. The molecule has 0 aromatic heterocycles. The Morgan fingerprint density at radius 3 is 1.94 bits per heavy atom. The van der Waals surface area contributed by atoms with Crippen LogP contribution in [-0.4, -0.2) is 27.3 Å². The van der Waals surface area contributed by atoms with Crippen LogP contribution in [0.1, 0.15) is 27.7 Å². The third kappa shape index (κ3) is 23.7. The van der Waals surface area contributed by atoms with Crippen molar-refractivity contribution in [1.29, 1.82) is 5.41 Å². The molecule has 7 heteroatoms. The number of thioether (sulfide) groups is 1. The molecule has 0 spiro atoms. The number of nitrogens with one attached hydrogen (secondary N) is 1. The van der Waals surface area contributed by atoms with E-state index in [2.05, 4.69) is 18.4 Å². The smallest absolute Gasteiger partial charge is 0.327 e. The molecule has 0 unspecified atom stereocenters. The van der Waals surface area contributed by atoms with E-state index in [4.69, 9.17) is 20.9 Å². The van der Waals surface area contributed by atoms with Crippen LogP contribution >= 0.6 is 20.4 Å². The van der Waals surface area contributed by atoms with Gasteiger partial charge in [0.25, 0.3) is 0 Å². The van der Waals surface area contributed by atoms with Crippen LogP contribution in [0.3, 0.4) is 0 Å². The van der Waals surface area contributed by atoms with E-state index in [1.54, 1.807) is 0 Å². The molecular formula is C9H23N2O3PS. The first-order valence-corrected chi connectivity index (χ1v) is 7.18. The van der Waals surface area contributed by atoms with Gasteiger partial charge in [0.1, 0.15) is 0 Å². The molecule has 5 nitrogen and oxygen atoms in total. The minimum absolute atomic E-state index is 0.221. The molecule has 0 fully saturated rings. The van der Waals surface area contributed by atoms with Gasteiger partial charge in [0.2, 0.25) is 0 Å². The molecule has 16 heavy (non-hydrogen) atoms. The van der Waals surface area contributed by atoms with Crippen LogP contribution in [0.5, 0.6) is 0 Å². The monoisotopic (exact) mass is 270 g/mol. The Balaban J connectivity index is 0. The van der Waals surface area contributed by atoms with E-state index in [0.29, 0.717) is 18.4 Å². The highest BCUT2D eigenvalue weighted by molar-refractivity contribution is 8.13. The van der Waals surface area contributed by atoms with Crippen molar-refractivity contribution >= 4 is 25.5 Å². The average molecular weight is 270 g/mol. The second kappa shape index (κ2) is 11.6. The maximum Gasteiger partial charge on any atom is 0.327 e. The molecule has 0 amide bonds. The van der Waals surface area contributed by atoms with Crippen LogP contribution in [0.25, 0.3) is 0 Å². The second-order valence-corrected chi connectivity index (χ2v) is 5.84. The summed E-state index contributed by atoms with van der Waals surface area (Å²) in [5.41, 5.74) is 5.09. The molecule has 98 valence electrons. The number of amidine groups is 1. The largest absolute Gasteiger partial charge is 0.379 e. The Labute approximate surface area is 103 Å². The topological polar surface area (TPSA) is 99.6 Å². The van der Waals surface area contributed by atoms with Gasteiger partial charge in [0.15, 0.2) is 5.17 Å². The third-order valence-electron chi connectivity index (χ3n) is 1.10. The fraction of sp³-hybridized carbons (Fsp3) is 0.889. The minimum atomic E-state index is -2.13. The van der Waals surface area contributed by atoms with Crippen LogP contribution in [0, 0.1) is 17.2 Å². The first-order chi connectivity index (χ1) is 7.25. The van der Waals surface area contributed by atoms with Crippen molar-refractivity contribution in [1.82, 2.24) is 0 Å². The highest BCUT2D eigenvalue weighted by atomic mass is 32.2. The van der Waals surface area contributed by atoms with Gasteiger partial charge >= 0.3 is 8.60 Å². The van der Waals surface area contributed by atoms with Gasteiger partial charge in [-0.15, -0.1) is 0 Å². The summed E-state index contributed by atoms with van der Waals surface area (Å²) in [6.45, 7) is 8.52. The van der Waals surface area contributed by atoms with Gasteiger partial charge in [-0.2, -0.15) is 0 Å². The van der Waals surface area contributed by atoms with Crippen molar-refractivity contribution in [3.8, 4) is 0 Å². The summed E-state index contributed by atoms with van der Waals surface area (Å²) in [6, 6.07) is 0. The second-order valence-electron chi connectivity index (χ2n) is 4.01. The molecule has 0 aliphatic heterocycles. The van der Waals surface area contributed by atoms with Gasteiger partial charge in [0, 0.05) is 5.75 Å². The van der Waals surface area contributed by atoms with Gasteiger partial charge < -0.3 is 20.0 Å². The SMILES string of the molecule is CC(C)COP(O)O.CC(C)CSC(=N)N. The lowest BCUT2D eigenvalue weighted by atomic mass is 10.2. The molecule has 0 heterocycles. The average Bonchev–Trinajstić information content (AvgIpc) is 2.12. The minimum Gasteiger partial charge on any atom is -0.379 e. The van der Waals surface area contributed by atoms with Gasteiger partial charge in [-0.1, -0.05) is 39.5 Å². The summed E-state index contributed by atoms with van der Waals surface area (Å²) in [5.74, 6) is 1.94. The molecule has 0 saturated heterocycles. The van der Waals surface area contributed by atoms with Gasteiger partial charge in [0.05, 0.1) is 6.61 Å². The normalized spacial score (nSPS) is 10.6. The summed E-state index contributed by atoms with van der Waals surface area (Å²) in [6.07, 6.45) is 0. The van der Waals surface area contributed by atoms with E-state index in [0.717, 1.165) is 5.75 Å². The summed E-state index contributed by atoms with van der Waals surface area (Å²) < 4.78 is 4.48. The maximum absolute atomic E-state index is 8.20. The zero-order chi connectivity index (χ0) is 13.1. The summed E-state index contributed by atoms with van der Waals surface area (Å²) >= 11 is 1.40. The van der Waals surface area contributed by atoms with Crippen molar-refractivity contribution in [2.24, 2.45) is 17.6 Å². The Bertz CT molecular complexity index is 172. The molecule has 0 aromatic rings. The molecule has 0 aromatic carbocycles. The maximum atomic E-state index is 8.20. The fourth-order valence-electron chi connectivity index (χ4n) is 0.472. The van der Waals surface area contributed by atoms with Crippen molar-refractivity contribution in [3.63, 3.8) is 0 Å². The van der Waals surface area contributed by atoms with Crippen molar-refractivity contribution in [3.05, 3.63) is 0 Å². The number of rotatable bonds is 5. The Morgan fingerprint density at radius 2 is 1.81 bits per heavy atom. The molecular weight excluding hydrogens is 247 g/mol. The van der Waals surface area contributed by atoms with Crippen LogP contribution in [-0.2, 0) is 4.52 Å².